The number of fused-ring (bicyclic) bond motifs is 5. The largest absolute Gasteiger partial charge is 0.342 e. The van der Waals surface area contributed by atoms with Crippen molar-refractivity contribution in [2.45, 2.75) is 38.8 Å². The highest BCUT2D eigenvalue weighted by Crippen LogP contribution is 2.54. The fraction of sp³-hybridized carbons (Fsp3) is 0.375. The Morgan fingerprint density at radius 1 is 1.00 bits per heavy atom. The van der Waals surface area contributed by atoms with E-state index in [1.807, 2.05) is 13.8 Å². The number of benzene rings is 1. The predicted octanol–water partition coefficient (Wildman–Crippen LogP) is 3.49. The highest BCUT2D eigenvalue weighted by molar-refractivity contribution is 5.56. The number of rotatable bonds is 1. The minimum absolute atomic E-state index is 0.509. The summed E-state index contributed by atoms with van der Waals surface area (Å²) < 4.78 is 0. The SMILES string of the molecule is Cc1cc(N2C3CCC2c2ccccc23)nc(C)n1. The number of nitrogens with zero attached hydrogens (tertiary/aromatic N) is 3. The van der Waals surface area contributed by atoms with Gasteiger partial charge in [0, 0.05) is 11.8 Å². The van der Waals surface area contributed by atoms with Crippen molar-refractivity contribution in [3.8, 4) is 0 Å². The standard InChI is InChI=1S/C16H17N3/c1-10-9-16(18-11(2)17-10)19-14-7-8-15(19)13-6-4-3-5-12(13)14/h3-6,9,14-15H,7-8H2,1-2H3. The second-order valence-electron chi connectivity index (χ2n) is 5.56. The summed E-state index contributed by atoms with van der Waals surface area (Å²) in [5.41, 5.74) is 4.04. The molecule has 3 heteroatoms. The molecular weight excluding hydrogens is 234 g/mol. The van der Waals surface area contributed by atoms with Crippen molar-refractivity contribution in [3.63, 3.8) is 0 Å². The fourth-order valence-electron chi connectivity index (χ4n) is 3.69. The quantitative estimate of drug-likeness (QED) is 0.777. The number of aryl methyl sites for hydroxylation is 2. The lowest BCUT2D eigenvalue weighted by Gasteiger charge is -2.24. The van der Waals surface area contributed by atoms with E-state index in [1.54, 1.807) is 0 Å². The van der Waals surface area contributed by atoms with Crippen LogP contribution in [-0.4, -0.2) is 9.97 Å². The van der Waals surface area contributed by atoms with Gasteiger partial charge in [0.1, 0.15) is 11.6 Å². The molecule has 96 valence electrons. The predicted molar refractivity (Wildman–Crippen MR) is 75.1 cm³/mol. The summed E-state index contributed by atoms with van der Waals surface area (Å²) in [6.07, 6.45) is 2.48. The molecule has 4 rings (SSSR count). The van der Waals surface area contributed by atoms with Gasteiger partial charge >= 0.3 is 0 Å². The smallest absolute Gasteiger partial charge is 0.133 e. The third-order valence-corrected chi connectivity index (χ3v) is 4.32. The molecule has 1 aromatic carbocycles. The molecule has 2 atom stereocenters. The highest BCUT2D eigenvalue weighted by Gasteiger charge is 2.44. The Kier molecular flexibility index (Phi) is 2.19. The van der Waals surface area contributed by atoms with Gasteiger partial charge in [-0.05, 0) is 37.8 Å². The van der Waals surface area contributed by atoms with Crippen LogP contribution in [0.3, 0.4) is 0 Å². The van der Waals surface area contributed by atoms with E-state index in [0.29, 0.717) is 12.1 Å². The maximum atomic E-state index is 4.65. The van der Waals surface area contributed by atoms with E-state index in [2.05, 4.69) is 45.2 Å². The number of hydrogen-bond donors (Lipinski definition) is 0. The Morgan fingerprint density at radius 2 is 1.63 bits per heavy atom. The molecule has 0 saturated carbocycles. The molecule has 2 bridgehead atoms. The van der Waals surface area contributed by atoms with Crippen molar-refractivity contribution >= 4 is 5.82 Å². The van der Waals surface area contributed by atoms with Crippen LogP contribution in [0.1, 0.15) is 47.6 Å². The zero-order chi connectivity index (χ0) is 13.0. The molecule has 1 aromatic heterocycles. The summed E-state index contributed by atoms with van der Waals surface area (Å²) in [5.74, 6) is 1.96. The van der Waals surface area contributed by atoms with Crippen molar-refractivity contribution < 1.29 is 0 Å². The Hall–Kier alpha value is -1.90. The highest BCUT2D eigenvalue weighted by atomic mass is 15.3. The first kappa shape index (κ1) is 11.0. The molecule has 2 unspecified atom stereocenters. The fourth-order valence-corrected chi connectivity index (χ4v) is 3.69. The van der Waals surface area contributed by atoms with Gasteiger partial charge in [-0.1, -0.05) is 24.3 Å². The first-order chi connectivity index (χ1) is 9.24. The molecule has 2 aliphatic rings. The first-order valence-corrected chi connectivity index (χ1v) is 6.93. The molecular formula is C16H17N3. The maximum absolute atomic E-state index is 4.65. The summed E-state index contributed by atoms with van der Waals surface area (Å²) >= 11 is 0. The van der Waals surface area contributed by atoms with Crippen LogP contribution in [0.5, 0.6) is 0 Å². The van der Waals surface area contributed by atoms with Gasteiger partial charge in [-0.25, -0.2) is 9.97 Å². The number of aromatic nitrogens is 2. The summed E-state index contributed by atoms with van der Waals surface area (Å²) in [6, 6.07) is 12.0. The van der Waals surface area contributed by atoms with E-state index in [4.69, 9.17) is 0 Å². The Morgan fingerprint density at radius 3 is 2.21 bits per heavy atom. The number of hydrogen-bond acceptors (Lipinski definition) is 3. The molecule has 2 aliphatic heterocycles. The first-order valence-electron chi connectivity index (χ1n) is 6.93. The van der Waals surface area contributed by atoms with Gasteiger partial charge < -0.3 is 4.90 Å². The van der Waals surface area contributed by atoms with Crippen LogP contribution in [0.2, 0.25) is 0 Å². The second-order valence-corrected chi connectivity index (χ2v) is 5.56. The average molecular weight is 251 g/mol. The van der Waals surface area contributed by atoms with E-state index in [0.717, 1.165) is 17.3 Å². The van der Waals surface area contributed by atoms with Crippen molar-refractivity contribution in [3.05, 3.63) is 53.0 Å². The van der Waals surface area contributed by atoms with Crippen molar-refractivity contribution in [2.75, 3.05) is 4.90 Å². The van der Waals surface area contributed by atoms with Gasteiger partial charge in [-0.2, -0.15) is 0 Å². The van der Waals surface area contributed by atoms with Crippen LogP contribution in [0.4, 0.5) is 5.82 Å². The normalized spacial score (nSPS) is 23.8. The molecule has 0 aliphatic carbocycles. The molecule has 2 aromatic rings. The van der Waals surface area contributed by atoms with E-state index >= 15 is 0 Å². The van der Waals surface area contributed by atoms with Crippen LogP contribution >= 0.6 is 0 Å². The van der Waals surface area contributed by atoms with E-state index in [9.17, 15) is 0 Å². The molecule has 19 heavy (non-hydrogen) atoms. The molecule has 3 heterocycles. The monoisotopic (exact) mass is 251 g/mol. The lowest BCUT2D eigenvalue weighted by Crippen LogP contribution is -2.20. The number of anilines is 1. The Bertz CT molecular complexity index is 599. The van der Waals surface area contributed by atoms with Gasteiger partial charge in [-0.3, -0.25) is 0 Å². The van der Waals surface area contributed by atoms with Crippen molar-refractivity contribution in [1.82, 2.24) is 9.97 Å². The molecule has 0 N–H and O–H groups in total. The van der Waals surface area contributed by atoms with E-state index in [-0.39, 0.29) is 0 Å². The molecule has 0 spiro atoms. The summed E-state index contributed by atoms with van der Waals surface area (Å²) in [6.45, 7) is 4.02. The molecule has 3 nitrogen and oxygen atoms in total. The second kappa shape index (κ2) is 3.80. The lowest BCUT2D eigenvalue weighted by atomic mass is 9.92. The molecule has 0 radical (unpaired) electrons. The third kappa shape index (κ3) is 1.51. The van der Waals surface area contributed by atoms with E-state index < -0.39 is 0 Å². The van der Waals surface area contributed by atoms with Crippen molar-refractivity contribution in [2.24, 2.45) is 0 Å². The molecule has 1 saturated heterocycles. The average Bonchev–Trinajstić information content (AvgIpc) is 2.94. The zero-order valence-electron chi connectivity index (χ0n) is 11.3. The van der Waals surface area contributed by atoms with Gasteiger partial charge in [0.05, 0.1) is 12.1 Å². The molecule has 0 amide bonds. The third-order valence-electron chi connectivity index (χ3n) is 4.32. The summed E-state index contributed by atoms with van der Waals surface area (Å²) in [7, 11) is 0. The van der Waals surface area contributed by atoms with Crippen LogP contribution < -0.4 is 4.90 Å². The summed E-state index contributed by atoms with van der Waals surface area (Å²) in [4.78, 5) is 11.5. The minimum atomic E-state index is 0.509. The van der Waals surface area contributed by atoms with Gasteiger partial charge in [0.15, 0.2) is 0 Å². The van der Waals surface area contributed by atoms with Crippen LogP contribution in [0.25, 0.3) is 0 Å². The van der Waals surface area contributed by atoms with Crippen molar-refractivity contribution in [1.29, 1.82) is 0 Å². The van der Waals surface area contributed by atoms with Gasteiger partial charge in [0.2, 0.25) is 0 Å². The Labute approximate surface area is 113 Å². The van der Waals surface area contributed by atoms with Crippen LogP contribution in [-0.2, 0) is 0 Å². The van der Waals surface area contributed by atoms with Gasteiger partial charge in [0.25, 0.3) is 0 Å². The minimum Gasteiger partial charge on any atom is -0.342 e. The lowest BCUT2D eigenvalue weighted by molar-refractivity contribution is 0.717. The zero-order valence-corrected chi connectivity index (χ0v) is 11.3. The molecule has 1 fully saturated rings. The Balaban J connectivity index is 1.83. The maximum Gasteiger partial charge on any atom is 0.133 e. The van der Waals surface area contributed by atoms with E-state index in [1.165, 1.54) is 24.0 Å². The van der Waals surface area contributed by atoms with Crippen LogP contribution in [0.15, 0.2) is 30.3 Å². The topological polar surface area (TPSA) is 29.0 Å². The summed E-state index contributed by atoms with van der Waals surface area (Å²) in [5, 5.41) is 0. The van der Waals surface area contributed by atoms with Gasteiger partial charge in [-0.15, -0.1) is 0 Å². The van der Waals surface area contributed by atoms with Crippen LogP contribution in [0, 0.1) is 13.8 Å².